The number of nitrogens with one attached hydrogen (secondary N) is 1. The van der Waals surface area contributed by atoms with E-state index in [1.807, 2.05) is 0 Å². The van der Waals surface area contributed by atoms with E-state index in [9.17, 15) is 4.79 Å². The van der Waals surface area contributed by atoms with Crippen molar-refractivity contribution >= 4 is 28.8 Å². The zero-order valence-electron chi connectivity index (χ0n) is 9.40. The molecule has 0 saturated carbocycles. The molecular formula is C11H13N3O3. The summed E-state index contributed by atoms with van der Waals surface area (Å²) in [5.74, 6) is -0.284. The lowest BCUT2D eigenvalue weighted by Gasteiger charge is -1.99. The Kier molecular flexibility index (Phi) is 3.13. The van der Waals surface area contributed by atoms with E-state index in [2.05, 4.69) is 15.0 Å². The zero-order valence-corrected chi connectivity index (χ0v) is 9.40. The molecule has 3 N–H and O–H groups in total. The molecular weight excluding hydrogens is 222 g/mol. The van der Waals surface area contributed by atoms with Gasteiger partial charge in [0.15, 0.2) is 5.58 Å². The summed E-state index contributed by atoms with van der Waals surface area (Å²) in [5, 5.41) is 2.89. The largest absolute Gasteiger partial charge is 0.469 e. The van der Waals surface area contributed by atoms with E-state index in [4.69, 9.17) is 10.2 Å². The van der Waals surface area contributed by atoms with Gasteiger partial charge in [-0.15, -0.1) is 0 Å². The summed E-state index contributed by atoms with van der Waals surface area (Å²) in [6, 6.07) is 5.68. The van der Waals surface area contributed by atoms with Gasteiger partial charge in [-0.25, -0.2) is 0 Å². The van der Waals surface area contributed by atoms with Crippen LogP contribution in [0.2, 0.25) is 0 Å². The molecule has 1 heterocycles. The van der Waals surface area contributed by atoms with Crippen molar-refractivity contribution in [1.29, 1.82) is 0 Å². The average Bonchev–Trinajstić information content (AvgIpc) is 2.73. The number of rotatable bonds is 4. The molecule has 0 saturated heterocycles. The summed E-state index contributed by atoms with van der Waals surface area (Å²) < 4.78 is 9.93. The van der Waals surface area contributed by atoms with Crippen LogP contribution in [0.4, 0.5) is 11.7 Å². The van der Waals surface area contributed by atoms with E-state index in [1.165, 1.54) is 7.11 Å². The van der Waals surface area contributed by atoms with Crippen molar-refractivity contribution in [2.45, 2.75) is 6.42 Å². The van der Waals surface area contributed by atoms with Gasteiger partial charge in [0.2, 0.25) is 0 Å². The molecule has 0 aliphatic carbocycles. The van der Waals surface area contributed by atoms with E-state index in [1.54, 1.807) is 18.2 Å². The molecule has 0 bridgehead atoms. The number of fused-ring (bicyclic) bond motifs is 1. The molecule has 2 rings (SSSR count). The number of aromatic nitrogens is 1. The van der Waals surface area contributed by atoms with Gasteiger partial charge in [-0.1, -0.05) is 6.07 Å². The van der Waals surface area contributed by atoms with Gasteiger partial charge in [0.05, 0.1) is 19.2 Å². The van der Waals surface area contributed by atoms with Crippen molar-refractivity contribution in [2.75, 3.05) is 24.7 Å². The molecule has 6 nitrogen and oxygen atoms in total. The second kappa shape index (κ2) is 4.73. The third-order valence-electron chi connectivity index (χ3n) is 2.28. The number of nitrogen functional groups attached to an aromatic ring is 1. The number of benzene rings is 1. The van der Waals surface area contributed by atoms with Crippen LogP contribution in [0, 0.1) is 0 Å². The zero-order chi connectivity index (χ0) is 12.3. The summed E-state index contributed by atoms with van der Waals surface area (Å²) in [5.41, 5.74) is 7.54. The summed E-state index contributed by atoms with van der Waals surface area (Å²) in [6.07, 6.45) is 0.255. The highest BCUT2D eigenvalue weighted by molar-refractivity contribution is 5.86. The summed E-state index contributed by atoms with van der Waals surface area (Å²) >= 11 is 0. The SMILES string of the molecule is COC(=O)CCNc1nc2c(N)cccc2o1. The molecule has 90 valence electrons. The minimum absolute atomic E-state index is 0.255. The van der Waals surface area contributed by atoms with E-state index in [-0.39, 0.29) is 12.4 Å². The van der Waals surface area contributed by atoms with Crippen molar-refractivity contribution in [3.63, 3.8) is 0 Å². The van der Waals surface area contributed by atoms with Gasteiger partial charge in [0.25, 0.3) is 6.01 Å². The molecule has 1 aromatic heterocycles. The Labute approximate surface area is 97.8 Å². The van der Waals surface area contributed by atoms with Crippen molar-refractivity contribution < 1.29 is 13.9 Å². The monoisotopic (exact) mass is 235 g/mol. The van der Waals surface area contributed by atoms with Crippen LogP contribution in [-0.2, 0) is 9.53 Å². The molecule has 0 spiro atoms. The van der Waals surface area contributed by atoms with Gasteiger partial charge in [0.1, 0.15) is 5.52 Å². The number of anilines is 2. The number of nitrogens with zero attached hydrogens (tertiary/aromatic N) is 1. The first-order chi connectivity index (χ1) is 8.20. The highest BCUT2D eigenvalue weighted by Gasteiger charge is 2.08. The molecule has 0 unspecified atom stereocenters. The molecule has 0 fully saturated rings. The van der Waals surface area contributed by atoms with Crippen molar-refractivity contribution in [1.82, 2.24) is 4.98 Å². The Hall–Kier alpha value is -2.24. The Morgan fingerprint density at radius 2 is 2.41 bits per heavy atom. The van der Waals surface area contributed by atoms with Gasteiger partial charge in [-0.05, 0) is 12.1 Å². The fourth-order valence-corrected chi connectivity index (χ4v) is 1.42. The number of para-hydroxylation sites is 1. The van der Waals surface area contributed by atoms with Crippen molar-refractivity contribution in [3.05, 3.63) is 18.2 Å². The molecule has 0 aliphatic heterocycles. The van der Waals surface area contributed by atoms with E-state index in [0.717, 1.165) is 0 Å². The summed E-state index contributed by atoms with van der Waals surface area (Å²) in [7, 11) is 1.35. The van der Waals surface area contributed by atoms with E-state index >= 15 is 0 Å². The summed E-state index contributed by atoms with van der Waals surface area (Å²) in [6.45, 7) is 0.402. The maximum absolute atomic E-state index is 10.9. The van der Waals surface area contributed by atoms with Gasteiger partial charge in [-0.2, -0.15) is 4.98 Å². The van der Waals surface area contributed by atoms with Crippen molar-refractivity contribution in [2.24, 2.45) is 0 Å². The van der Waals surface area contributed by atoms with Crippen LogP contribution >= 0.6 is 0 Å². The van der Waals surface area contributed by atoms with Crippen LogP contribution < -0.4 is 11.1 Å². The first kappa shape index (κ1) is 11.3. The van der Waals surface area contributed by atoms with Gasteiger partial charge in [-0.3, -0.25) is 4.79 Å². The number of carbonyl (C=O) groups excluding carboxylic acids is 1. The van der Waals surface area contributed by atoms with Crippen LogP contribution in [0.15, 0.2) is 22.6 Å². The Morgan fingerprint density at radius 1 is 1.59 bits per heavy atom. The Balaban J connectivity index is 2.05. The number of oxazole rings is 1. The fraction of sp³-hybridized carbons (Fsp3) is 0.273. The number of carbonyl (C=O) groups is 1. The lowest BCUT2D eigenvalue weighted by atomic mass is 10.3. The van der Waals surface area contributed by atoms with Crippen LogP contribution in [0.1, 0.15) is 6.42 Å². The Morgan fingerprint density at radius 3 is 3.12 bits per heavy atom. The standard InChI is InChI=1S/C11H13N3O3/c1-16-9(15)5-6-13-11-14-10-7(12)3-2-4-8(10)17-11/h2-4H,5-6,12H2,1H3,(H,13,14). The highest BCUT2D eigenvalue weighted by Crippen LogP contribution is 2.23. The predicted octanol–water partition coefficient (Wildman–Crippen LogP) is 1.38. The molecule has 17 heavy (non-hydrogen) atoms. The Bertz CT molecular complexity index is 536. The first-order valence-corrected chi connectivity index (χ1v) is 5.16. The van der Waals surface area contributed by atoms with Crippen LogP contribution in [0.25, 0.3) is 11.1 Å². The molecule has 0 radical (unpaired) electrons. The second-order valence-electron chi connectivity index (χ2n) is 3.47. The van der Waals surface area contributed by atoms with Gasteiger partial charge < -0.3 is 20.2 Å². The van der Waals surface area contributed by atoms with Crippen LogP contribution in [0.3, 0.4) is 0 Å². The van der Waals surface area contributed by atoms with Crippen LogP contribution in [-0.4, -0.2) is 24.6 Å². The number of hydrogen-bond donors (Lipinski definition) is 2. The average molecular weight is 235 g/mol. The fourth-order valence-electron chi connectivity index (χ4n) is 1.42. The predicted molar refractivity (Wildman–Crippen MR) is 63.5 cm³/mol. The normalized spacial score (nSPS) is 10.4. The maximum atomic E-state index is 10.9. The quantitative estimate of drug-likeness (QED) is 0.614. The molecule has 0 atom stereocenters. The smallest absolute Gasteiger partial charge is 0.307 e. The molecule has 2 aromatic rings. The highest BCUT2D eigenvalue weighted by atomic mass is 16.5. The lowest BCUT2D eigenvalue weighted by Crippen LogP contribution is -2.09. The van der Waals surface area contributed by atoms with Crippen LogP contribution in [0.5, 0.6) is 0 Å². The topological polar surface area (TPSA) is 90.4 Å². The lowest BCUT2D eigenvalue weighted by molar-refractivity contribution is -0.140. The molecule has 0 aliphatic rings. The summed E-state index contributed by atoms with van der Waals surface area (Å²) in [4.78, 5) is 15.1. The van der Waals surface area contributed by atoms with E-state index < -0.39 is 0 Å². The first-order valence-electron chi connectivity index (χ1n) is 5.16. The number of nitrogens with two attached hydrogens (primary N) is 1. The van der Waals surface area contributed by atoms with E-state index in [0.29, 0.717) is 29.3 Å². The maximum Gasteiger partial charge on any atom is 0.307 e. The van der Waals surface area contributed by atoms with Crippen molar-refractivity contribution in [3.8, 4) is 0 Å². The number of esters is 1. The van der Waals surface area contributed by atoms with Gasteiger partial charge >= 0.3 is 5.97 Å². The third-order valence-corrected chi connectivity index (χ3v) is 2.28. The minimum atomic E-state index is -0.284. The molecule has 1 aromatic carbocycles. The molecule has 6 heteroatoms. The third kappa shape index (κ3) is 2.47. The number of methoxy groups -OCH3 is 1. The number of ether oxygens (including phenoxy) is 1. The van der Waals surface area contributed by atoms with Gasteiger partial charge in [0, 0.05) is 6.54 Å². The number of hydrogen-bond acceptors (Lipinski definition) is 6. The second-order valence-corrected chi connectivity index (χ2v) is 3.47. The molecule has 0 amide bonds. The minimum Gasteiger partial charge on any atom is -0.469 e.